The topological polar surface area (TPSA) is 49.7 Å². The molecule has 0 fully saturated rings. The molecule has 128 valence electrons. The van der Waals surface area contributed by atoms with E-state index in [2.05, 4.69) is 12.1 Å². The smallest absolute Gasteiger partial charge is 0.169 e. The van der Waals surface area contributed by atoms with Crippen molar-refractivity contribution in [2.24, 2.45) is 0 Å². The summed E-state index contributed by atoms with van der Waals surface area (Å²) < 4.78 is 8.02. The van der Waals surface area contributed by atoms with Crippen molar-refractivity contribution in [2.45, 2.75) is 6.92 Å². The highest BCUT2D eigenvalue weighted by Crippen LogP contribution is 2.47. The van der Waals surface area contributed by atoms with Gasteiger partial charge >= 0.3 is 0 Å². The van der Waals surface area contributed by atoms with Crippen LogP contribution in [0.2, 0.25) is 0 Å². The Labute approximate surface area is 153 Å². The first kappa shape index (κ1) is 15.3. The first-order valence-corrected chi connectivity index (χ1v) is 9.35. The van der Waals surface area contributed by atoms with Crippen molar-refractivity contribution in [1.82, 2.24) is 0 Å². The van der Waals surface area contributed by atoms with Crippen LogP contribution in [0.15, 0.2) is 54.6 Å². The average Bonchev–Trinajstić information content (AvgIpc) is 3.03. The Bertz CT molecular complexity index is 1320. The largest absolute Gasteiger partial charge is 0.507 e. The molecule has 0 saturated heterocycles. The molecule has 0 aliphatic carbocycles. The second kappa shape index (κ2) is 5.51. The Hall–Kier alpha value is -2.98. The first-order valence-electron chi connectivity index (χ1n) is 8.53. The van der Waals surface area contributed by atoms with Gasteiger partial charge in [-0.15, -0.1) is 11.3 Å². The molecule has 3 nitrogen and oxygen atoms in total. The number of rotatable bonds is 2. The summed E-state index contributed by atoms with van der Waals surface area (Å²) in [5.41, 5.74) is 0. The Morgan fingerprint density at radius 2 is 1.62 bits per heavy atom. The molecule has 0 bridgehead atoms. The van der Waals surface area contributed by atoms with Crippen molar-refractivity contribution in [3.8, 4) is 17.2 Å². The van der Waals surface area contributed by atoms with Gasteiger partial charge in [0.25, 0.3) is 0 Å². The number of thiophene rings is 1. The summed E-state index contributed by atoms with van der Waals surface area (Å²) in [4.78, 5) is 0. The molecule has 0 aliphatic heterocycles. The lowest BCUT2D eigenvalue weighted by Gasteiger charge is -2.11. The van der Waals surface area contributed by atoms with Crippen LogP contribution >= 0.6 is 11.3 Å². The minimum Gasteiger partial charge on any atom is -0.507 e. The van der Waals surface area contributed by atoms with Gasteiger partial charge in [-0.2, -0.15) is 0 Å². The van der Waals surface area contributed by atoms with Gasteiger partial charge in [0.15, 0.2) is 11.5 Å². The third kappa shape index (κ3) is 1.99. The predicted molar refractivity (Wildman–Crippen MR) is 109 cm³/mol. The van der Waals surface area contributed by atoms with Crippen molar-refractivity contribution in [2.75, 3.05) is 6.61 Å². The van der Waals surface area contributed by atoms with E-state index in [9.17, 15) is 10.2 Å². The number of fused-ring (bicyclic) bond motifs is 7. The van der Waals surface area contributed by atoms with Crippen LogP contribution in [-0.2, 0) is 0 Å². The highest BCUT2D eigenvalue weighted by molar-refractivity contribution is 7.27. The molecule has 1 heterocycles. The molecule has 4 heteroatoms. The van der Waals surface area contributed by atoms with Crippen LogP contribution < -0.4 is 4.74 Å². The second-order valence-electron chi connectivity index (χ2n) is 6.30. The SMILES string of the molecule is CCOc1c(O)ccc2ccc3sc4c5ccccc5c(O)cc4c3c12. The first-order chi connectivity index (χ1) is 12.7. The van der Waals surface area contributed by atoms with E-state index >= 15 is 0 Å². The summed E-state index contributed by atoms with van der Waals surface area (Å²) in [7, 11) is 0. The van der Waals surface area contributed by atoms with Gasteiger partial charge in [-0.25, -0.2) is 0 Å². The number of hydrogen-bond acceptors (Lipinski definition) is 4. The van der Waals surface area contributed by atoms with Gasteiger partial charge < -0.3 is 14.9 Å². The summed E-state index contributed by atoms with van der Waals surface area (Å²) in [5, 5.41) is 26.7. The molecule has 0 aliphatic rings. The average molecular weight is 360 g/mol. The van der Waals surface area contributed by atoms with E-state index in [0.29, 0.717) is 12.4 Å². The van der Waals surface area contributed by atoms with Gasteiger partial charge in [0.05, 0.1) is 6.61 Å². The van der Waals surface area contributed by atoms with Crippen LogP contribution in [0.5, 0.6) is 17.2 Å². The van der Waals surface area contributed by atoms with Gasteiger partial charge in [0.2, 0.25) is 0 Å². The van der Waals surface area contributed by atoms with Crippen LogP contribution in [0.3, 0.4) is 0 Å². The number of phenols is 2. The Morgan fingerprint density at radius 1 is 0.846 bits per heavy atom. The maximum absolute atomic E-state index is 10.6. The number of hydrogen-bond donors (Lipinski definition) is 2. The molecule has 0 unspecified atom stereocenters. The highest BCUT2D eigenvalue weighted by Gasteiger charge is 2.17. The normalized spacial score (nSPS) is 11.7. The molecule has 5 aromatic rings. The Kier molecular flexibility index (Phi) is 3.24. The zero-order valence-electron chi connectivity index (χ0n) is 14.1. The zero-order chi connectivity index (χ0) is 17.8. The molecule has 4 aromatic carbocycles. The van der Waals surface area contributed by atoms with Gasteiger partial charge in [0.1, 0.15) is 5.75 Å². The summed E-state index contributed by atoms with van der Waals surface area (Å²) in [6.07, 6.45) is 0. The molecule has 0 saturated carbocycles. The lowest BCUT2D eigenvalue weighted by molar-refractivity contribution is 0.322. The standard InChI is InChI=1S/C22H16O3S/c1-2-25-21-16(23)9-7-12-8-10-18-20(19(12)21)15-11-17(24)13-5-3-4-6-14(13)22(15)26-18/h3-11,23-24H,2H2,1H3. The number of aromatic hydroxyl groups is 2. The van der Waals surface area contributed by atoms with Crippen molar-refractivity contribution in [3.63, 3.8) is 0 Å². The van der Waals surface area contributed by atoms with Crippen LogP contribution in [0, 0.1) is 0 Å². The molecule has 5 rings (SSSR count). The molecule has 0 amide bonds. The maximum atomic E-state index is 10.6. The van der Waals surface area contributed by atoms with E-state index in [4.69, 9.17) is 4.74 Å². The number of phenolic OH excluding ortho intramolecular Hbond substituents is 2. The minimum absolute atomic E-state index is 0.135. The fourth-order valence-corrected chi connectivity index (χ4v) is 4.96. The van der Waals surface area contributed by atoms with Gasteiger partial charge in [0, 0.05) is 36.3 Å². The van der Waals surface area contributed by atoms with Crippen molar-refractivity contribution in [1.29, 1.82) is 0 Å². The summed E-state index contributed by atoms with van der Waals surface area (Å²) in [6, 6.07) is 17.4. The fourth-order valence-electron chi connectivity index (χ4n) is 3.73. The predicted octanol–water partition coefficient (Wildman–Crippen LogP) is 6.17. The van der Waals surface area contributed by atoms with E-state index < -0.39 is 0 Å². The van der Waals surface area contributed by atoms with Crippen LogP contribution in [0.25, 0.3) is 41.7 Å². The highest BCUT2D eigenvalue weighted by atomic mass is 32.1. The summed E-state index contributed by atoms with van der Waals surface area (Å²) >= 11 is 1.70. The number of benzene rings is 4. The monoisotopic (exact) mass is 360 g/mol. The molecular formula is C22H16O3S. The second-order valence-corrected chi connectivity index (χ2v) is 7.36. The van der Waals surface area contributed by atoms with E-state index in [-0.39, 0.29) is 11.5 Å². The third-order valence-corrected chi connectivity index (χ3v) is 6.03. The van der Waals surface area contributed by atoms with Crippen LogP contribution in [-0.4, -0.2) is 16.8 Å². The quantitative estimate of drug-likeness (QED) is 0.396. The van der Waals surface area contributed by atoms with Crippen molar-refractivity contribution in [3.05, 3.63) is 54.6 Å². The van der Waals surface area contributed by atoms with Crippen LogP contribution in [0.1, 0.15) is 6.92 Å². The molecule has 1 aromatic heterocycles. The van der Waals surface area contributed by atoms with E-state index in [1.807, 2.05) is 43.3 Å². The van der Waals surface area contributed by atoms with E-state index in [1.165, 1.54) is 0 Å². The zero-order valence-corrected chi connectivity index (χ0v) is 14.9. The molecule has 26 heavy (non-hydrogen) atoms. The molecule has 0 radical (unpaired) electrons. The number of ether oxygens (including phenoxy) is 1. The fraction of sp³-hybridized carbons (Fsp3) is 0.0909. The summed E-state index contributed by atoms with van der Waals surface area (Å²) in [5.74, 6) is 0.905. The molecule has 0 atom stereocenters. The lowest BCUT2D eigenvalue weighted by atomic mass is 10.00. The van der Waals surface area contributed by atoms with E-state index in [1.54, 1.807) is 17.4 Å². The molecular weight excluding hydrogens is 344 g/mol. The molecule has 2 N–H and O–H groups in total. The van der Waals surface area contributed by atoms with Crippen LogP contribution in [0.4, 0.5) is 0 Å². The Balaban J connectivity index is 2.07. The Morgan fingerprint density at radius 3 is 2.42 bits per heavy atom. The third-order valence-electron chi connectivity index (χ3n) is 4.82. The summed E-state index contributed by atoms with van der Waals surface area (Å²) in [6.45, 7) is 2.38. The van der Waals surface area contributed by atoms with Gasteiger partial charge in [-0.3, -0.25) is 0 Å². The van der Waals surface area contributed by atoms with Gasteiger partial charge in [-0.05, 0) is 30.5 Å². The van der Waals surface area contributed by atoms with Crippen molar-refractivity contribution >= 4 is 53.1 Å². The van der Waals surface area contributed by atoms with E-state index in [0.717, 1.165) is 41.7 Å². The minimum atomic E-state index is 0.135. The lowest BCUT2D eigenvalue weighted by Crippen LogP contribution is -1.93. The maximum Gasteiger partial charge on any atom is 0.169 e. The van der Waals surface area contributed by atoms with Crippen molar-refractivity contribution < 1.29 is 14.9 Å². The molecule has 0 spiro atoms. The van der Waals surface area contributed by atoms with Gasteiger partial charge in [-0.1, -0.05) is 36.4 Å².